The molecule has 0 aliphatic carbocycles. The third-order valence-electron chi connectivity index (χ3n) is 17.2. The molecular weight excluding hydrogens is 1600 g/mol. The number of benzene rings is 9. The monoisotopic (exact) mass is 1700 g/mol. The van der Waals surface area contributed by atoms with Crippen LogP contribution < -0.4 is 33.5 Å². The molecule has 28 nitrogen and oxygen atoms in total. The van der Waals surface area contributed by atoms with Crippen molar-refractivity contribution in [3.63, 3.8) is 0 Å². The number of terminal acetylenes is 9. The fraction of sp³-hybridized carbons (Fsp3) is 0.250. The van der Waals surface area contributed by atoms with E-state index in [2.05, 4.69) is 138 Å². The van der Waals surface area contributed by atoms with Crippen LogP contribution in [0.2, 0.25) is 0 Å². The number of unbranched alkanes of at least 4 members (excludes halogenated alkanes) is 9. The van der Waals surface area contributed by atoms with Crippen molar-refractivity contribution in [3.05, 3.63) is 326 Å². The average Bonchev–Trinajstić information content (AvgIpc) is 0.808. The number of rotatable bonds is 40. The molecule has 0 fully saturated rings. The van der Waals surface area contributed by atoms with Crippen LogP contribution in [0.25, 0.3) is 73.8 Å². The van der Waals surface area contributed by atoms with E-state index in [1.54, 1.807) is 0 Å². The van der Waals surface area contributed by atoms with Gasteiger partial charge >= 0.3 is 18.0 Å². The molecule has 0 amide bonds. The first-order valence-electron chi connectivity index (χ1n) is 39.5. The quantitative estimate of drug-likeness (QED) is 0.0115. The Hall–Kier alpha value is -17.5. The molecule has 0 N–H and O–H groups in total. The molecule has 0 aliphatic rings. The van der Waals surface area contributed by atoms with Crippen LogP contribution >= 0.6 is 0 Å². The van der Waals surface area contributed by atoms with Crippen LogP contribution in [0.4, 0.5) is 34.1 Å². The molecule has 10 rings (SSSR count). The van der Waals surface area contributed by atoms with Gasteiger partial charge in [-0.25, -0.2) is 0 Å². The Bertz CT molecular complexity index is 5030. The lowest BCUT2D eigenvalue weighted by atomic mass is 10.0. The number of ether oxygens (including phenoxy) is 5. The first-order valence-corrected chi connectivity index (χ1v) is 39.5. The fourth-order valence-corrected chi connectivity index (χ4v) is 11.0. The van der Waals surface area contributed by atoms with Crippen LogP contribution in [0.5, 0.6) is 29.5 Å². The molecular formula is C100H99N23O5. The third-order valence-corrected chi connectivity index (χ3v) is 17.2. The van der Waals surface area contributed by atoms with E-state index < -0.39 is 0 Å². The van der Waals surface area contributed by atoms with Gasteiger partial charge in [0.1, 0.15) is 11.5 Å². The van der Waals surface area contributed by atoms with E-state index in [9.17, 15) is 0 Å². The zero-order valence-electron chi connectivity index (χ0n) is 69.6. The molecule has 0 saturated heterocycles. The number of nitrogens with zero attached hydrogens (tertiary/aromatic N) is 23. The zero-order valence-corrected chi connectivity index (χ0v) is 69.6. The van der Waals surface area contributed by atoms with Crippen LogP contribution in [-0.2, 0) is 13.1 Å². The summed E-state index contributed by atoms with van der Waals surface area (Å²) in [7, 11) is 0. The molecule has 0 radical (unpaired) electrons. The molecule has 0 unspecified atom stereocenters. The van der Waals surface area contributed by atoms with Crippen LogP contribution in [0.1, 0.15) is 136 Å². The van der Waals surface area contributed by atoms with Crippen LogP contribution in [-0.4, -0.2) is 74.2 Å². The molecule has 0 bridgehead atoms. The van der Waals surface area contributed by atoms with Gasteiger partial charge in [0.2, 0.25) is 0 Å². The minimum Gasteiger partial charge on any atom is -0.494 e. The average molecular weight is 1700 g/mol. The summed E-state index contributed by atoms with van der Waals surface area (Å²) >= 11 is 0. The second-order valence-corrected chi connectivity index (χ2v) is 25.9. The summed E-state index contributed by atoms with van der Waals surface area (Å²) in [6.07, 6.45) is 59.9. The smallest absolute Gasteiger partial charge is 0.326 e. The maximum Gasteiger partial charge on any atom is 0.326 e. The maximum absolute atomic E-state index is 8.28. The highest BCUT2D eigenvalue weighted by atomic mass is 16.5. The Morgan fingerprint density at radius 1 is 0.258 bits per heavy atom. The van der Waals surface area contributed by atoms with Gasteiger partial charge in [0.15, 0.2) is 19.8 Å². The summed E-state index contributed by atoms with van der Waals surface area (Å²) in [4.78, 5) is 32.0. The Balaban J connectivity index is 0.000000400. The van der Waals surface area contributed by atoms with Crippen molar-refractivity contribution in [2.24, 2.45) is 30.7 Å². The molecule has 0 saturated carbocycles. The van der Waals surface area contributed by atoms with E-state index >= 15 is 0 Å². The zero-order chi connectivity index (χ0) is 90.5. The fourth-order valence-electron chi connectivity index (χ4n) is 11.0. The molecule has 28 heteroatoms. The minimum absolute atomic E-state index is 0. The molecule has 1 aromatic heterocycles. The topological polar surface area (TPSA) is 384 Å². The van der Waals surface area contributed by atoms with E-state index in [-0.39, 0.29) is 52.7 Å². The summed E-state index contributed by atoms with van der Waals surface area (Å²) in [5.74, 6) is 24.4. The molecule has 0 spiro atoms. The lowest BCUT2D eigenvalue weighted by Crippen LogP contribution is -2.09. The number of aromatic nitrogens is 3. The van der Waals surface area contributed by atoms with Crippen LogP contribution in [0.3, 0.4) is 0 Å². The van der Waals surface area contributed by atoms with E-state index in [4.69, 9.17) is 115 Å². The van der Waals surface area contributed by atoms with Crippen LogP contribution in [0, 0.1) is 111 Å². The Morgan fingerprint density at radius 3 is 0.664 bits per heavy atom. The first-order chi connectivity index (χ1) is 61.9. The Morgan fingerprint density at radius 2 is 0.469 bits per heavy atom. The number of hydrogen-bond acceptors (Lipinski definition) is 16. The summed E-state index contributed by atoms with van der Waals surface area (Å²) < 4.78 is 26.5. The molecule has 0 atom stereocenters. The molecule has 9 aromatic carbocycles. The van der Waals surface area contributed by atoms with Crippen molar-refractivity contribution in [1.82, 2.24) is 15.0 Å². The summed E-state index contributed by atoms with van der Waals surface area (Å²) in [5.41, 5.74) is 64.0. The molecule has 0 aliphatic heterocycles. The first kappa shape index (κ1) is 105. The van der Waals surface area contributed by atoms with Crippen molar-refractivity contribution in [3.8, 4) is 152 Å². The molecule has 1 heterocycles. The van der Waals surface area contributed by atoms with Gasteiger partial charge < -0.3 is 33.5 Å². The standard InChI is InChI=1S/2C24H15N.C18H28N6O2.C14H12N6.C12H9N3O3.C6H12N6.2CH4/c2*1-4-19-7-13-22(14-8-19)25(23-15-9-20(5-2)10-16-23)24-17-11-21(6-3)12-18-24;19-23-21-13-5-1-3-7-15-25-17-9-11-18(12-10-17)26-16-8-4-2-6-14-22-24-20;15-19-17-9-11-1-5-13(6-2-11)14-7-3-12(4-8-14)10-18-20-16;1-4-7-16-10-13-11(17-8-5-2)15-12(14-10)18-9-6-3;7-11-9-5-3-1-2-4-6-10-12-8;;/h2*1-3,7-18H;9-12H,1-8,13-16H2;1-8H,9-10H2;1-3H,7-9H2;1-6H2;2*1H4. The second-order valence-electron chi connectivity index (χ2n) is 25.9. The maximum atomic E-state index is 8.28. The number of hydrogen-bond donors (Lipinski definition) is 0. The van der Waals surface area contributed by atoms with Crippen LogP contribution in [0.15, 0.2) is 249 Å². The van der Waals surface area contributed by atoms with Crippen molar-refractivity contribution < 1.29 is 23.7 Å². The van der Waals surface area contributed by atoms with Gasteiger partial charge in [0.25, 0.3) is 0 Å². The summed E-state index contributed by atoms with van der Waals surface area (Å²) in [6, 6.07) is 70.5. The van der Waals surface area contributed by atoms with Gasteiger partial charge in [-0.3, -0.25) is 0 Å². The predicted molar refractivity (Wildman–Crippen MR) is 513 cm³/mol. The van der Waals surface area contributed by atoms with E-state index in [1.807, 2.05) is 218 Å². The van der Waals surface area contributed by atoms with Gasteiger partial charge in [0.05, 0.1) is 26.3 Å². The van der Waals surface area contributed by atoms with Crippen molar-refractivity contribution in [2.75, 3.05) is 69.0 Å². The number of azide groups is 6. The number of anilines is 6. The predicted octanol–water partition coefficient (Wildman–Crippen LogP) is 25.7. The van der Waals surface area contributed by atoms with Gasteiger partial charge in [-0.1, -0.05) is 186 Å². The Kier molecular flexibility index (Phi) is 54.2. The van der Waals surface area contributed by atoms with Crippen molar-refractivity contribution in [2.45, 2.75) is 105 Å². The molecule has 644 valence electrons. The normalized spacial score (nSPS) is 9.15. The van der Waals surface area contributed by atoms with E-state index in [0.717, 1.165) is 178 Å². The highest BCUT2D eigenvalue weighted by Crippen LogP contribution is 2.37. The van der Waals surface area contributed by atoms with E-state index in [1.165, 1.54) is 0 Å². The lowest BCUT2D eigenvalue weighted by molar-refractivity contribution is 0.273. The molecule has 128 heavy (non-hydrogen) atoms. The van der Waals surface area contributed by atoms with Crippen molar-refractivity contribution in [1.29, 1.82) is 0 Å². The lowest BCUT2D eigenvalue weighted by Gasteiger charge is -2.25. The largest absolute Gasteiger partial charge is 0.494 e. The van der Waals surface area contributed by atoms with Gasteiger partial charge in [0, 0.05) is 123 Å². The van der Waals surface area contributed by atoms with Gasteiger partial charge in [-0.05, 0) is 264 Å². The highest BCUT2D eigenvalue weighted by molar-refractivity contribution is 5.79. The van der Waals surface area contributed by atoms with Gasteiger partial charge in [-0.2, -0.15) is 0 Å². The third kappa shape index (κ3) is 41.6. The summed E-state index contributed by atoms with van der Waals surface area (Å²) in [5, 5.41) is 20.9. The second kappa shape index (κ2) is 66.2. The Labute approximate surface area is 750 Å². The minimum atomic E-state index is -0.0259. The SMILES string of the molecule is C.C.C#CCOc1nc(OCC#C)nc(OCC#C)n1.C#Cc1ccc(N(c2ccc(C#C)cc2)c2ccc(C#C)cc2)cc1.C#Cc1ccc(N(c2ccc(C#C)cc2)c2ccc(C#C)cc2)cc1.[N-]=[N+]=NCCCCCCN=[N+]=[N-].[N-]=[N+]=NCCCCCCOc1ccc(OCCCCCCN=[N+]=[N-])cc1.[N-]=[N+]=NCc1ccc(-c2ccc(CN=[N+]=[N-])cc2)cc1. The highest BCUT2D eigenvalue weighted by Gasteiger charge is 2.16. The van der Waals surface area contributed by atoms with Crippen molar-refractivity contribution >= 4 is 34.1 Å². The van der Waals surface area contributed by atoms with E-state index in [0.29, 0.717) is 52.5 Å². The van der Waals surface area contributed by atoms with Gasteiger partial charge in [-0.15, -0.1) is 72.8 Å². The molecule has 10 aromatic rings. The summed E-state index contributed by atoms with van der Waals surface area (Å²) in [6.45, 7) is 4.42.